The Kier molecular flexibility index (Phi) is 7.59. The molecule has 0 spiro atoms. The number of aliphatic imine (C=N–C) groups is 1. The van der Waals surface area contributed by atoms with Crippen LogP contribution in [0.15, 0.2) is 17.6 Å². The number of nitrogens with one attached hydrogen (secondary N) is 2. The van der Waals surface area contributed by atoms with Crippen LogP contribution in [0.2, 0.25) is 0 Å². The fourth-order valence-electron chi connectivity index (χ4n) is 2.58. The average Bonchev–Trinajstić information content (AvgIpc) is 2.80. The molecule has 2 N–H and O–H groups in total. The van der Waals surface area contributed by atoms with Crippen LogP contribution >= 0.6 is 0 Å². The van der Waals surface area contributed by atoms with Crippen molar-refractivity contribution in [2.75, 3.05) is 26.8 Å². The number of guanidine groups is 1. The van der Waals surface area contributed by atoms with E-state index in [1.54, 1.807) is 7.11 Å². The van der Waals surface area contributed by atoms with Gasteiger partial charge >= 0.3 is 0 Å². The average molecular weight is 320 g/mol. The summed E-state index contributed by atoms with van der Waals surface area (Å²) >= 11 is 0. The highest BCUT2D eigenvalue weighted by atomic mass is 16.5. The molecule has 0 saturated heterocycles. The minimum Gasteiger partial charge on any atom is -0.385 e. The third-order valence-electron chi connectivity index (χ3n) is 3.80. The molecule has 128 valence electrons. The first-order valence-electron chi connectivity index (χ1n) is 8.38. The maximum Gasteiger partial charge on any atom is 0.191 e. The molecule has 23 heavy (non-hydrogen) atoms. The van der Waals surface area contributed by atoms with Gasteiger partial charge in [-0.1, -0.05) is 12.5 Å². The molecular formula is C16H28N6O. The predicted molar refractivity (Wildman–Crippen MR) is 91.4 cm³/mol. The highest BCUT2D eigenvalue weighted by molar-refractivity contribution is 5.79. The van der Waals surface area contributed by atoms with Crippen molar-refractivity contribution in [3.05, 3.63) is 24.3 Å². The fraction of sp³-hybridized carbons (Fsp3) is 0.688. The van der Waals surface area contributed by atoms with Gasteiger partial charge in [-0.15, -0.1) is 16.8 Å². The number of aromatic nitrogens is 3. The zero-order valence-corrected chi connectivity index (χ0v) is 14.1. The van der Waals surface area contributed by atoms with Crippen LogP contribution in [0.3, 0.4) is 0 Å². The molecule has 2 heterocycles. The van der Waals surface area contributed by atoms with Gasteiger partial charge in [-0.05, 0) is 19.3 Å². The number of rotatable bonds is 8. The van der Waals surface area contributed by atoms with Gasteiger partial charge in [0.1, 0.15) is 12.4 Å². The normalized spacial score (nSPS) is 14.9. The van der Waals surface area contributed by atoms with Crippen molar-refractivity contribution in [2.45, 2.75) is 45.2 Å². The molecule has 0 aromatic carbocycles. The molecule has 1 aromatic rings. The van der Waals surface area contributed by atoms with E-state index in [1.807, 2.05) is 6.08 Å². The Balaban J connectivity index is 1.95. The Morgan fingerprint density at radius 1 is 1.35 bits per heavy atom. The van der Waals surface area contributed by atoms with Crippen LogP contribution in [-0.4, -0.2) is 47.5 Å². The molecule has 1 aliphatic rings. The van der Waals surface area contributed by atoms with Crippen molar-refractivity contribution >= 4 is 5.96 Å². The van der Waals surface area contributed by atoms with Crippen molar-refractivity contribution in [2.24, 2.45) is 4.99 Å². The molecule has 7 heteroatoms. The number of hydrogen-bond acceptors (Lipinski definition) is 4. The molecule has 7 nitrogen and oxygen atoms in total. The first kappa shape index (κ1) is 17.5. The highest BCUT2D eigenvalue weighted by Crippen LogP contribution is 2.14. The van der Waals surface area contributed by atoms with Crippen LogP contribution < -0.4 is 10.6 Å². The molecule has 2 rings (SSSR count). The lowest BCUT2D eigenvalue weighted by atomic mass is 10.2. The quantitative estimate of drug-likeness (QED) is 0.326. The van der Waals surface area contributed by atoms with Gasteiger partial charge in [-0.3, -0.25) is 0 Å². The van der Waals surface area contributed by atoms with Gasteiger partial charge < -0.3 is 19.9 Å². The third kappa shape index (κ3) is 5.67. The Morgan fingerprint density at radius 2 is 2.26 bits per heavy atom. The van der Waals surface area contributed by atoms with Gasteiger partial charge in [0.05, 0.1) is 0 Å². The van der Waals surface area contributed by atoms with Gasteiger partial charge in [0.25, 0.3) is 0 Å². The van der Waals surface area contributed by atoms with Gasteiger partial charge in [-0.25, -0.2) is 4.99 Å². The van der Waals surface area contributed by atoms with E-state index in [9.17, 15) is 0 Å². The summed E-state index contributed by atoms with van der Waals surface area (Å²) in [5, 5.41) is 15.1. The van der Waals surface area contributed by atoms with E-state index in [1.165, 1.54) is 19.3 Å². The van der Waals surface area contributed by atoms with Gasteiger partial charge in [-0.2, -0.15) is 0 Å². The number of ether oxygens (including phenoxy) is 1. The Labute approximate surface area is 138 Å². The maximum atomic E-state index is 5.06. The fourth-order valence-corrected chi connectivity index (χ4v) is 2.58. The number of hydrogen-bond donors (Lipinski definition) is 2. The van der Waals surface area contributed by atoms with E-state index in [0.717, 1.165) is 50.1 Å². The van der Waals surface area contributed by atoms with E-state index >= 15 is 0 Å². The molecule has 0 bridgehead atoms. The van der Waals surface area contributed by atoms with Crippen molar-refractivity contribution < 1.29 is 4.74 Å². The lowest BCUT2D eigenvalue weighted by Crippen LogP contribution is -2.38. The molecule has 0 unspecified atom stereocenters. The molecule has 1 aromatic heterocycles. The summed E-state index contributed by atoms with van der Waals surface area (Å²) in [5.41, 5.74) is 0. The minimum absolute atomic E-state index is 0.532. The van der Waals surface area contributed by atoms with Crippen molar-refractivity contribution in [3.63, 3.8) is 0 Å². The second-order valence-corrected chi connectivity index (χ2v) is 5.60. The van der Waals surface area contributed by atoms with Crippen molar-refractivity contribution in [1.29, 1.82) is 0 Å². The first-order chi connectivity index (χ1) is 11.3. The van der Waals surface area contributed by atoms with E-state index in [0.29, 0.717) is 13.1 Å². The molecule has 1 aliphatic heterocycles. The molecule has 0 saturated carbocycles. The Hall–Kier alpha value is -1.89. The van der Waals surface area contributed by atoms with Crippen LogP contribution in [0, 0.1) is 0 Å². The number of aryl methyl sites for hydroxylation is 1. The van der Waals surface area contributed by atoms with E-state index in [4.69, 9.17) is 4.74 Å². The Bertz CT molecular complexity index is 511. The molecule has 0 radical (unpaired) electrons. The largest absolute Gasteiger partial charge is 0.385 e. The van der Waals surface area contributed by atoms with Gasteiger partial charge in [0.15, 0.2) is 11.8 Å². The summed E-state index contributed by atoms with van der Waals surface area (Å²) in [6.45, 7) is 7.49. The van der Waals surface area contributed by atoms with E-state index in [-0.39, 0.29) is 0 Å². The van der Waals surface area contributed by atoms with Gasteiger partial charge in [0, 0.05) is 39.8 Å². The summed E-state index contributed by atoms with van der Waals surface area (Å²) < 4.78 is 7.29. The van der Waals surface area contributed by atoms with E-state index < -0.39 is 0 Å². The molecule has 0 atom stereocenters. The zero-order chi connectivity index (χ0) is 16.3. The summed E-state index contributed by atoms with van der Waals surface area (Å²) in [5.74, 6) is 2.81. The standard InChI is InChI=1S/C16H28N6O/c1-3-9-17-16(18-10-7-12-23-2)19-13-15-21-20-14-8-5-4-6-11-22(14)15/h3H,1,4-13H2,2H3,(H2,17,18,19). The van der Waals surface area contributed by atoms with Crippen LogP contribution in [-0.2, 0) is 24.2 Å². The maximum absolute atomic E-state index is 5.06. The van der Waals surface area contributed by atoms with E-state index in [2.05, 4.69) is 37.0 Å². The first-order valence-corrected chi connectivity index (χ1v) is 8.38. The smallest absolute Gasteiger partial charge is 0.191 e. The number of methoxy groups -OCH3 is 1. The lowest BCUT2D eigenvalue weighted by Gasteiger charge is -2.11. The SMILES string of the molecule is C=CCNC(=NCc1nnc2n1CCCCC2)NCCCOC. The monoisotopic (exact) mass is 320 g/mol. The number of nitrogens with zero attached hydrogens (tertiary/aromatic N) is 4. The Morgan fingerprint density at radius 3 is 3.09 bits per heavy atom. The molecular weight excluding hydrogens is 292 g/mol. The highest BCUT2D eigenvalue weighted by Gasteiger charge is 2.14. The molecule has 0 fully saturated rings. The number of fused-ring (bicyclic) bond motifs is 1. The zero-order valence-electron chi connectivity index (χ0n) is 14.1. The minimum atomic E-state index is 0.532. The molecule has 0 aliphatic carbocycles. The van der Waals surface area contributed by atoms with Crippen molar-refractivity contribution in [3.8, 4) is 0 Å². The lowest BCUT2D eigenvalue weighted by molar-refractivity contribution is 0.195. The topological polar surface area (TPSA) is 76.4 Å². The van der Waals surface area contributed by atoms with Crippen LogP contribution in [0.5, 0.6) is 0 Å². The third-order valence-corrected chi connectivity index (χ3v) is 3.80. The second kappa shape index (κ2) is 9.99. The molecule has 0 amide bonds. The summed E-state index contributed by atoms with van der Waals surface area (Å²) in [4.78, 5) is 4.62. The van der Waals surface area contributed by atoms with Crippen LogP contribution in [0.4, 0.5) is 0 Å². The van der Waals surface area contributed by atoms with Crippen molar-refractivity contribution in [1.82, 2.24) is 25.4 Å². The van der Waals surface area contributed by atoms with Crippen LogP contribution in [0.1, 0.15) is 37.3 Å². The summed E-state index contributed by atoms with van der Waals surface area (Å²) in [6.07, 6.45) is 7.43. The summed E-state index contributed by atoms with van der Waals surface area (Å²) in [6, 6.07) is 0. The second-order valence-electron chi connectivity index (χ2n) is 5.60. The van der Waals surface area contributed by atoms with Crippen LogP contribution in [0.25, 0.3) is 0 Å². The van der Waals surface area contributed by atoms with Gasteiger partial charge in [0.2, 0.25) is 0 Å². The predicted octanol–water partition coefficient (Wildman–Crippen LogP) is 1.26. The summed E-state index contributed by atoms with van der Waals surface area (Å²) in [7, 11) is 1.71.